The van der Waals surface area contributed by atoms with Crippen LogP contribution in [0.4, 0.5) is 0 Å². The van der Waals surface area contributed by atoms with Gasteiger partial charge in [-0.15, -0.1) is 0 Å². The summed E-state index contributed by atoms with van der Waals surface area (Å²) in [5.41, 5.74) is 1.47. The summed E-state index contributed by atoms with van der Waals surface area (Å²) in [6.45, 7) is 5.16. The summed E-state index contributed by atoms with van der Waals surface area (Å²) in [4.78, 5) is 24.6. The molecule has 0 saturated carbocycles. The molecule has 1 unspecified atom stereocenters. The summed E-state index contributed by atoms with van der Waals surface area (Å²) < 4.78 is 5.43. The lowest BCUT2D eigenvalue weighted by Crippen LogP contribution is -2.33. The van der Waals surface area contributed by atoms with E-state index in [9.17, 15) is 4.79 Å². The highest BCUT2D eigenvalue weighted by Crippen LogP contribution is 2.23. The molecule has 2 saturated heterocycles. The maximum atomic E-state index is 12.4. The summed E-state index contributed by atoms with van der Waals surface area (Å²) in [7, 11) is 0. The van der Waals surface area contributed by atoms with E-state index < -0.39 is 0 Å². The molecule has 134 valence electrons. The molecule has 4 heterocycles. The fourth-order valence-electron chi connectivity index (χ4n) is 3.69. The Morgan fingerprint density at radius 1 is 1.28 bits per heavy atom. The van der Waals surface area contributed by atoms with E-state index in [4.69, 9.17) is 9.72 Å². The normalized spacial score (nSPS) is 21.8. The maximum Gasteiger partial charge on any atom is 0.258 e. The van der Waals surface area contributed by atoms with E-state index in [0.29, 0.717) is 30.0 Å². The number of nitrogens with zero attached hydrogens (tertiary/aromatic N) is 2. The highest BCUT2D eigenvalue weighted by Gasteiger charge is 2.21. The monoisotopic (exact) mass is 343 g/mol. The van der Waals surface area contributed by atoms with Gasteiger partial charge in [0.25, 0.3) is 5.56 Å². The SMILES string of the molecule is O=c1[nH]c(C2CCOC2)nc2c(CNCC3CCNCC3)nccc12. The first-order valence-electron chi connectivity index (χ1n) is 9.18. The lowest BCUT2D eigenvalue weighted by molar-refractivity contribution is 0.193. The number of pyridine rings is 1. The Morgan fingerprint density at radius 3 is 2.96 bits per heavy atom. The van der Waals surface area contributed by atoms with E-state index in [1.54, 1.807) is 12.3 Å². The van der Waals surface area contributed by atoms with Crippen LogP contribution >= 0.6 is 0 Å². The molecule has 2 aliphatic heterocycles. The quantitative estimate of drug-likeness (QED) is 0.747. The topological polar surface area (TPSA) is 91.9 Å². The number of nitrogens with one attached hydrogen (secondary N) is 3. The van der Waals surface area contributed by atoms with Gasteiger partial charge in [-0.25, -0.2) is 4.98 Å². The minimum atomic E-state index is -0.0890. The minimum absolute atomic E-state index is 0.0890. The molecule has 7 nitrogen and oxygen atoms in total. The van der Waals surface area contributed by atoms with Crippen LogP contribution in [0.25, 0.3) is 10.9 Å². The number of hydrogen-bond acceptors (Lipinski definition) is 6. The zero-order valence-corrected chi connectivity index (χ0v) is 14.4. The lowest BCUT2D eigenvalue weighted by Gasteiger charge is -2.22. The number of ether oxygens (including phenoxy) is 1. The molecule has 2 aliphatic rings. The molecule has 25 heavy (non-hydrogen) atoms. The van der Waals surface area contributed by atoms with Crippen LogP contribution in [0.3, 0.4) is 0 Å². The van der Waals surface area contributed by atoms with Crippen LogP contribution in [0.15, 0.2) is 17.1 Å². The average Bonchev–Trinajstić information content (AvgIpc) is 3.18. The Kier molecular flexibility index (Phi) is 5.05. The van der Waals surface area contributed by atoms with Crippen molar-refractivity contribution in [2.75, 3.05) is 32.8 Å². The van der Waals surface area contributed by atoms with Crippen molar-refractivity contribution < 1.29 is 4.74 Å². The van der Waals surface area contributed by atoms with Crippen molar-refractivity contribution in [2.45, 2.75) is 31.7 Å². The minimum Gasteiger partial charge on any atom is -0.381 e. The standard InChI is InChI=1S/C18H25N5O2/c24-18-14-3-7-21-15(10-20-9-12-1-5-19-6-2-12)16(14)22-17(23-18)13-4-8-25-11-13/h3,7,12-13,19-20H,1-2,4-6,8-11H2,(H,22,23,24). The first-order valence-corrected chi connectivity index (χ1v) is 9.18. The first kappa shape index (κ1) is 16.6. The molecule has 4 rings (SSSR count). The first-order chi connectivity index (χ1) is 12.3. The van der Waals surface area contributed by atoms with Crippen molar-refractivity contribution in [3.63, 3.8) is 0 Å². The van der Waals surface area contributed by atoms with Gasteiger partial charge >= 0.3 is 0 Å². The number of aromatic nitrogens is 3. The predicted molar refractivity (Wildman–Crippen MR) is 95.6 cm³/mol. The van der Waals surface area contributed by atoms with Gasteiger partial charge in [-0.1, -0.05) is 0 Å². The summed E-state index contributed by atoms with van der Waals surface area (Å²) in [6.07, 6.45) is 5.01. The summed E-state index contributed by atoms with van der Waals surface area (Å²) in [5.74, 6) is 1.61. The molecule has 0 spiro atoms. The van der Waals surface area contributed by atoms with Crippen molar-refractivity contribution in [2.24, 2.45) is 5.92 Å². The third-order valence-electron chi connectivity index (χ3n) is 5.22. The Morgan fingerprint density at radius 2 is 2.16 bits per heavy atom. The highest BCUT2D eigenvalue weighted by atomic mass is 16.5. The van der Waals surface area contributed by atoms with Gasteiger partial charge in [-0.2, -0.15) is 0 Å². The largest absolute Gasteiger partial charge is 0.381 e. The Hall–Kier alpha value is -1.83. The second-order valence-corrected chi connectivity index (χ2v) is 6.99. The molecular weight excluding hydrogens is 318 g/mol. The van der Waals surface area contributed by atoms with E-state index in [1.165, 1.54) is 12.8 Å². The van der Waals surface area contributed by atoms with Gasteiger partial charge in [0, 0.05) is 25.3 Å². The highest BCUT2D eigenvalue weighted by molar-refractivity contribution is 5.79. The third-order valence-corrected chi connectivity index (χ3v) is 5.22. The van der Waals surface area contributed by atoms with Gasteiger partial charge in [0.2, 0.25) is 0 Å². The van der Waals surface area contributed by atoms with Crippen molar-refractivity contribution in [3.8, 4) is 0 Å². The van der Waals surface area contributed by atoms with Gasteiger partial charge in [-0.05, 0) is 50.9 Å². The summed E-state index contributed by atoms with van der Waals surface area (Å²) in [5, 5.41) is 7.50. The number of rotatable bonds is 5. The molecule has 0 bridgehead atoms. The molecule has 0 aromatic carbocycles. The molecule has 0 aliphatic carbocycles. The smallest absolute Gasteiger partial charge is 0.258 e. The van der Waals surface area contributed by atoms with Gasteiger partial charge < -0.3 is 20.4 Å². The molecular formula is C18H25N5O2. The summed E-state index contributed by atoms with van der Waals surface area (Å²) in [6, 6.07) is 1.74. The number of hydrogen-bond donors (Lipinski definition) is 3. The molecule has 3 N–H and O–H groups in total. The Balaban J connectivity index is 1.54. The number of aromatic amines is 1. The Bertz CT molecular complexity index is 779. The van der Waals surface area contributed by atoms with Crippen LogP contribution in [0.1, 0.15) is 36.7 Å². The maximum absolute atomic E-state index is 12.4. The van der Waals surface area contributed by atoms with E-state index in [2.05, 4.69) is 20.6 Å². The zero-order chi connectivity index (χ0) is 17.1. The van der Waals surface area contributed by atoms with Gasteiger partial charge in [-0.3, -0.25) is 9.78 Å². The molecule has 2 fully saturated rings. The molecule has 2 aromatic rings. The van der Waals surface area contributed by atoms with E-state index >= 15 is 0 Å². The molecule has 1 atom stereocenters. The number of fused-ring (bicyclic) bond motifs is 1. The third kappa shape index (κ3) is 3.73. The fraction of sp³-hybridized carbons (Fsp3) is 0.611. The van der Waals surface area contributed by atoms with Crippen LogP contribution in [0, 0.1) is 5.92 Å². The van der Waals surface area contributed by atoms with Crippen molar-refractivity contribution in [3.05, 3.63) is 34.1 Å². The zero-order valence-electron chi connectivity index (χ0n) is 14.4. The second kappa shape index (κ2) is 7.59. The molecule has 2 aromatic heterocycles. The predicted octanol–water partition coefficient (Wildman–Crippen LogP) is 0.911. The van der Waals surface area contributed by atoms with Crippen molar-refractivity contribution >= 4 is 10.9 Å². The van der Waals surface area contributed by atoms with Gasteiger partial charge in [0.1, 0.15) is 11.3 Å². The number of H-pyrrole nitrogens is 1. The van der Waals surface area contributed by atoms with Crippen LogP contribution < -0.4 is 16.2 Å². The molecule has 0 amide bonds. The van der Waals surface area contributed by atoms with E-state index in [1.807, 2.05) is 0 Å². The van der Waals surface area contributed by atoms with Crippen LogP contribution in [0.5, 0.6) is 0 Å². The average molecular weight is 343 g/mol. The second-order valence-electron chi connectivity index (χ2n) is 6.99. The Labute approximate surface area is 146 Å². The molecule has 7 heteroatoms. The van der Waals surface area contributed by atoms with Crippen molar-refractivity contribution in [1.82, 2.24) is 25.6 Å². The fourth-order valence-corrected chi connectivity index (χ4v) is 3.69. The number of piperidine rings is 1. The van der Waals surface area contributed by atoms with Gasteiger partial charge in [0.05, 0.1) is 17.7 Å². The van der Waals surface area contributed by atoms with E-state index in [-0.39, 0.29) is 11.5 Å². The van der Waals surface area contributed by atoms with Crippen LogP contribution in [-0.4, -0.2) is 47.8 Å². The lowest BCUT2D eigenvalue weighted by atomic mass is 9.98. The summed E-state index contributed by atoms with van der Waals surface area (Å²) >= 11 is 0. The molecule has 0 radical (unpaired) electrons. The van der Waals surface area contributed by atoms with E-state index in [0.717, 1.165) is 44.2 Å². The van der Waals surface area contributed by atoms with Crippen LogP contribution in [-0.2, 0) is 11.3 Å². The van der Waals surface area contributed by atoms with Gasteiger partial charge in [0.15, 0.2) is 0 Å². The van der Waals surface area contributed by atoms with Crippen molar-refractivity contribution in [1.29, 1.82) is 0 Å². The van der Waals surface area contributed by atoms with Crippen LogP contribution in [0.2, 0.25) is 0 Å².